The Balaban J connectivity index is 1.64. The molecule has 4 heteroatoms. The molecule has 20 heavy (non-hydrogen) atoms. The molecule has 0 aliphatic carbocycles. The van der Waals surface area contributed by atoms with Gasteiger partial charge in [0.1, 0.15) is 0 Å². The highest BCUT2D eigenvalue weighted by Gasteiger charge is 2.20. The molecule has 2 aromatic rings. The molecule has 0 radical (unpaired) electrons. The number of amides is 1. The lowest BCUT2D eigenvalue weighted by Gasteiger charge is -2.28. The van der Waals surface area contributed by atoms with Gasteiger partial charge >= 0.3 is 0 Å². The van der Waals surface area contributed by atoms with Gasteiger partial charge in [0.2, 0.25) is 5.91 Å². The second-order valence-corrected chi connectivity index (χ2v) is 5.68. The molecular formula is C16H21N3O. The van der Waals surface area contributed by atoms with Gasteiger partial charge in [-0.15, -0.1) is 0 Å². The SMILES string of the molecule is CC1CC(NC(=O)Cc2c[nH]c3ccccc23)CCN1. The highest BCUT2D eigenvalue weighted by molar-refractivity contribution is 5.88. The van der Waals surface area contributed by atoms with Crippen molar-refractivity contribution in [2.45, 2.75) is 38.3 Å². The van der Waals surface area contributed by atoms with E-state index in [1.807, 2.05) is 24.4 Å². The number of nitrogens with one attached hydrogen (secondary N) is 3. The molecule has 3 rings (SSSR count). The molecule has 1 amide bonds. The Morgan fingerprint density at radius 3 is 3.10 bits per heavy atom. The summed E-state index contributed by atoms with van der Waals surface area (Å²) in [5.41, 5.74) is 2.16. The fraction of sp³-hybridized carbons (Fsp3) is 0.438. The largest absolute Gasteiger partial charge is 0.361 e. The number of hydrogen-bond acceptors (Lipinski definition) is 2. The highest BCUT2D eigenvalue weighted by Crippen LogP contribution is 2.18. The van der Waals surface area contributed by atoms with E-state index < -0.39 is 0 Å². The molecule has 0 spiro atoms. The van der Waals surface area contributed by atoms with Gasteiger partial charge in [-0.25, -0.2) is 0 Å². The summed E-state index contributed by atoms with van der Waals surface area (Å²) < 4.78 is 0. The molecule has 2 heterocycles. The Bertz CT molecular complexity index is 605. The van der Waals surface area contributed by atoms with Gasteiger partial charge in [0.25, 0.3) is 0 Å². The van der Waals surface area contributed by atoms with Crippen molar-refractivity contribution in [3.63, 3.8) is 0 Å². The number of para-hydroxylation sites is 1. The number of benzene rings is 1. The molecule has 3 N–H and O–H groups in total. The van der Waals surface area contributed by atoms with E-state index in [9.17, 15) is 4.79 Å². The molecule has 1 aromatic heterocycles. The van der Waals surface area contributed by atoms with Crippen LogP contribution < -0.4 is 10.6 Å². The van der Waals surface area contributed by atoms with E-state index >= 15 is 0 Å². The molecule has 106 valence electrons. The van der Waals surface area contributed by atoms with Gasteiger partial charge in [0, 0.05) is 29.2 Å². The normalized spacial score (nSPS) is 22.9. The van der Waals surface area contributed by atoms with Crippen LogP contribution in [-0.2, 0) is 11.2 Å². The molecular weight excluding hydrogens is 250 g/mol. The lowest BCUT2D eigenvalue weighted by molar-refractivity contribution is -0.121. The smallest absolute Gasteiger partial charge is 0.224 e. The van der Waals surface area contributed by atoms with Crippen LogP contribution in [0.15, 0.2) is 30.5 Å². The van der Waals surface area contributed by atoms with Crippen LogP contribution in [-0.4, -0.2) is 29.5 Å². The Kier molecular flexibility index (Phi) is 3.74. The van der Waals surface area contributed by atoms with Crippen LogP contribution in [0.25, 0.3) is 10.9 Å². The summed E-state index contributed by atoms with van der Waals surface area (Å²) in [5, 5.41) is 7.70. The number of fused-ring (bicyclic) bond motifs is 1. The maximum atomic E-state index is 12.2. The number of aromatic nitrogens is 1. The number of H-pyrrole nitrogens is 1. The third-order valence-corrected chi connectivity index (χ3v) is 4.01. The lowest BCUT2D eigenvalue weighted by atomic mass is 10.0. The number of rotatable bonds is 3. The van der Waals surface area contributed by atoms with Gasteiger partial charge in [-0.1, -0.05) is 18.2 Å². The maximum absolute atomic E-state index is 12.2. The minimum atomic E-state index is 0.119. The fourth-order valence-corrected chi connectivity index (χ4v) is 2.99. The molecule has 1 fully saturated rings. The monoisotopic (exact) mass is 271 g/mol. The summed E-state index contributed by atoms with van der Waals surface area (Å²) in [5.74, 6) is 0.119. The third kappa shape index (κ3) is 2.85. The Morgan fingerprint density at radius 2 is 2.25 bits per heavy atom. The molecule has 1 aromatic carbocycles. The minimum absolute atomic E-state index is 0.119. The third-order valence-electron chi connectivity index (χ3n) is 4.01. The average molecular weight is 271 g/mol. The summed E-state index contributed by atoms with van der Waals surface area (Å²) in [6, 6.07) is 8.89. The molecule has 0 saturated carbocycles. The zero-order valence-electron chi connectivity index (χ0n) is 11.8. The molecule has 0 bridgehead atoms. The number of piperidine rings is 1. The van der Waals surface area contributed by atoms with Crippen LogP contribution >= 0.6 is 0 Å². The van der Waals surface area contributed by atoms with Gasteiger partial charge in [-0.3, -0.25) is 4.79 Å². The van der Waals surface area contributed by atoms with Crippen molar-refractivity contribution in [2.75, 3.05) is 6.54 Å². The van der Waals surface area contributed by atoms with Gasteiger partial charge in [0.05, 0.1) is 6.42 Å². The van der Waals surface area contributed by atoms with E-state index in [1.165, 1.54) is 0 Å². The topological polar surface area (TPSA) is 56.9 Å². The van der Waals surface area contributed by atoms with Crippen LogP contribution in [0.3, 0.4) is 0 Å². The van der Waals surface area contributed by atoms with Crippen molar-refractivity contribution >= 4 is 16.8 Å². The van der Waals surface area contributed by atoms with E-state index in [4.69, 9.17) is 0 Å². The van der Waals surface area contributed by atoms with Crippen LogP contribution in [0.4, 0.5) is 0 Å². The van der Waals surface area contributed by atoms with Crippen molar-refractivity contribution in [1.82, 2.24) is 15.6 Å². The van der Waals surface area contributed by atoms with Crippen molar-refractivity contribution in [1.29, 1.82) is 0 Å². The van der Waals surface area contributed by atoms with E-state index in [0.717, 1.165) is 35.9 Å². The van der Waals surface area contributed by atoms with Gasteiger partial charge < -0.3 is 15.6 Å². The van der Waals surface area contributed by atoms with Gasteiger partial charge in [-0.05, 0) is 37.9 Å². The quantitative estimate of drug-likeness (QED) is 0.799. The Hall–Kier alpha value is -1.81. The first kappa shape index (κ1) is 13.2. The lowest BCUT2D eigenvalue weighted by Crippen LogP contribution is -2.46. The summed E-state index contributed by atoms with van der Waals surface area (Å²) >= 11 is 0. The van der Waals surface area contributed by atoms with Crippen molar-refractivity contribution in [3.8, 4) is 0 Å². The van der Waals surface area contributed by atoms with Crippen molar-refractivity contribution in [3.05, 3.63) is 36.0 Å². The Morgan fingerprint density at radius 1 is 1.40 bits per heavy atom. The first-order valence-corrected chi connectivity index (χ1v) is 7.30. The first-order valence-electron chi connectivity index (χ1n) is 7.30. The van der Waals surface area contributed by atoms with E-state index in [2.05, 4.69) is 28.6 Å². The predicted molar refractivity (Wildman–Crippen MR) is 80.6 cm³/mol. The number of hydrogen-bond donors (Lipinski definition) is 3. The van der Waals surface area contributed by atoms with E-state index in [-0.39, 0.29) is 5.91 Å². The zero-order valence-corrected chi connectivity index (χ0v) is 11.8. The zero-order chi connectivity index (χ0) is 13.9. The maximum Gasteiger partial charge on any atom is 0.224 e. The molecule has 1 saturated heterocycles. The minimum Gasteiger partial charge on any atom is -0.361 e. The number of carbonyl (C=O) groups excluding carboxylic acids is 1. The van der Waals surface area contributed by atoms with Crippen molar-refractivity contribution < 1.29 is 4.79 Å². The standard InChI is InChI=1S/C16H21N3O/c1-11-8-13(6-7-17-11)19-16(20)9-12-10-18-15-5-3-2-4-14(12)15/h2-5,10-11,13,17-18H,6-9H2,1H3,(H,19,20). The molecule has 1 aliphatic rings. The average Bonchev–Trinajstić information content (AvgIpc) is 2.82. The fourth-order valence-electron chi connectivity index (χ4n) is 2.99. The van der Waals surface area contributed by atoms with E-state index in [0.29, 0.717) is 18.5 Å². The summed E-state index contributed by atoms with van der Waals surface area (Å²) in [6.45, 7) is 3.15. The van der Waals surface area contributed by atoms with Gasteiger partial charge in [0.15, 0.2) is 0 Å². The molecule has 1 aliphatic heterocycles. The summed E-state index contributed by atoms with van der Waals surface area (Å²) in [7, 11) is 0. The molecule has 2 unspecified atom stereocenters. The second kappa shape index (κ2) is 5.67. The van der Waals surface area contributed by atoms with Crippen LogP contribution in [0.1, 0.15) is 25.3 Å². The number of aromatic amines is 1. The summed E-state index contributed by atoms with van der Waals surface area (Å²) in [4.78, 5) is 15.4. The first-order chi connectivity index (χ1) is 9.72. The molecule has 2 atom stereocenters. The van der Waals surface area contributed by atoms with Crippen molar-refractivity contribution in [2.24, 2.45) is 0 Å². The predicted octanol–water partition coefficient (Wildman–Crippen LogP) is 1.97. The molecule has 4 nitrogen and oxygen atoms in total. The summed E-state index contributed by atoms with van der Waals surface area (Å²) in [6.07, 6.45) is 4.42. The van der Waals surface area contributed by atoms with Crippen LogP contribution in [0.2, 0.25) is 0 Å². The highest BCUT2D eigenvalue weighted by atomic mass is 16.1. The second-order valence-electron chi connectivity index (χ2n) is 5.68. The number of carbonyl (C=O) groups is 1. The Labute approximate surface area is 118 Å². The van der Waals surface area contributed by atoms with E-state index in [1.54, 1.807) is 0 Å². The van der Waals surface area contributed by atoms with Crippen LogP contribution in [0, 0.1) is 0 Å². The van der Waals surface area contributed by atoms with Crippen LogP contribution in [0.5, 0.6) is 0 Å². The van der Waals surface area contributed by atoms with Gasteiger partial charge in [-0.2, -0.15) is 0 Å².